The van der Waals surface area contributed by atoms with Crippen LogP contribution in [0.2, 0.25) is 0 Å². The maximum absolute atomic E-state index is 12.1. The minimum Gasteiger partial charge on any atom is -0.496 e. The highest BCUT2D eigenvalue weighted by Crippen LogP contribution is 2.25. The second kappa shape index (κ2) is 10.6. The van der Waals surface area contributed by atoms with Crippen LogP contribution in [0.5, 0.6) is 5.75 Å². The second-order valence-electron chi connectivity index (χ2n) is 5.22. The number of rotatable bonds is 9. The molecular formula is C17H24N2O5S. The van der Waals surface area contributed by atoms with Gasteiger partial charge in [-0.15, -0.1) is 11.8 Å². The molecule has 0 saturated heterocycles. The molecule has 2 amide bonds. The van der Waals surface area contributed by atoms with Gasteiger partial charge < -0.3 is 20.1 Å². The van der Waals surface area contributed by atoms with Crippen LogP contribution in [0.4, 0.5) is 0 Å². The molecule has 2 N–H and O–H groups in total. The van der Waals surface area contributed by atoms with Crippen LogP contribution in [-0.4, -0.2) is 50.3 Å². The van der Waals surface area contributed by atoms with Crippen LogP contribution in [0.1, 0.15) is 30.6 Å². The van der Waals surface area contributed by atoms with Gasteiger partial charge in [-0.2, -0.15) is 0 Å². The summed E-state index contributed by atoms with van der Waals surface area (Å²) in [5, 5.41) is 5.15. The van der Waals surface area contributed by atoms with Crippen molar-refractivity contribution in [3.05, 3.63) is 23.8 Å². The lowest BCUT2D eigenvalue weighted by Gasteiger charge is -2.14. The quantitative estimate of drug-likeness (QED) is 0.508. The van der Waals surface area contributed by atoms with Crippen molar-refractivity contribution in [1.29, 1.82) is 0 Å². The van der Waals surface area contributed by atoms with Crippen molar-refractivity contribution in [3.8, 4) is 5.75 Å². The zero-order valence-electron chi connectivity index (χ0n) is 14.9. The summed E-state index contributed by atoms with van der Waals surface area (Å²) in [5.41, 5.74) is 0.238. The molecule has 0 unspecified atom stereocenters. The van der Waals surface area contributed by atoms with Gasteiger partial charge in [-0.05, 0) is 37.8 Å². The highest BCUT2D eigenvalue weighted by molar-refractivity contribution is 7.98. The van der Waals surface area contributed by atoms with Crippen LogP contribution in [0, 0.1) is 0 Å². The molecule has 7 nitrogen and oxygen atoms in total. The predicted octanol–water partition coefficient (Wildman–Crippen LogP) is 1.60. The third-order valence-electron chi connectivity index (χ3n) is 3.28. The Hall–Kier alpha value is -2.22. The maximum atomic E-state index is 12.1. The van der Waals surface area contributed by atoms with E-state index in [1.807, 2.05) is 13.2 Å². The van der Waals surface area contributed by atoms with E-state index in [1.165, 1.54) is 18.9 Å². The molecule has 1 rings (SSSR count). The topological polar surface area (TPSA) is 93.7 Å². The fourth-order valence-electron chi connectivity index (χ4n) is 1.93. The Morgan fingerprint density at radius 1 is 1.28 bits per heavy atom. The minimum atomic E-state index is -0.701. The molecule has 0 spiro atoms. The molecule has 138 valence electrons. The van der Waals surface area contributed by atoms with Gasteiger partial charge >= 0.3 is 5.97 Å². The van der Waals surface area contributed by atoms with E-state index in [-0.39, 0.29) is 11.5 Å². The molecular weight excluding hydrogens is 344 g/mol. The number of carbonyl (C=O) groups excluding carboxylic acids is 3. The number of esters is 1. The number of nitrogens with one attached hydrogen (secondary N) is 2. The number of hydrogen-bond donors (Lipinski definition) is 2. The van der Waals surface area contributed by atoms with E-state index in [0.717, 1.165) is 11.3 Å². The largest absolute Gasteiger partial charge is 0.496 e. The lowest BCUT2D eigenvalue weighted by molar-refractivity contribution is -0.130. The molecule has 1 aromatic rings. The highest BCUT2D eigenvalue weighted by Gasteiger charge is 2.18. The number of hydrogen-bond acceptors (Lipinski definition) is 6. The molecule has 0 radical (unpaired) electrons. The van der Waals surface area contributed by atoms with Crippen LogP contribution >= 0.6 is 11.8 Å². The van der Waals surface area contributed by atoms with Gasteiger partial charge in [0.1, 0.15) is 17.4 Å². The average molecular weight is 368 g/mol. The Morgan fingerprint density at radius 2 is 2.00 bits per heavy atom. The van der Waals surface area contributed by atoms with Gasteiger partial charge in [0.2, 0.25) is 5.91 Å². The lowest BCUT2D eigenvalue weighted by Crippen LogP contribution is -2.46. The molecule has 25 heavy (non-hydrogen) atoms. The van der Waals surface area contributed by atoms with Gasteiger partial charge in [0.05, 0.1) is 7.11 Å². The van der Waals surface area contributed by atoms with Crippen LogP contribution in [-0.2, 0) is 14.3 Å². The summed E-state index contributed by atoms with van der Waals surface area (Å²) in [7, 11) is 1.46. The monoisotopic (exact) mass is 368 g/mol. The van der Waals surface area contributed by atoms with Gasteiger partial charge in [-0.1, -0.05) is 6.92 Å². The first-order chi connectivity index (χ1) is 11.9. The summed E-state index contributed by atoms with van der Waals surface area (Å²) >= 11 is 1.52. The summed E-state index contributed by atoms with van der Waals surface area (Å²) in [5.74, 6) is -1.12. The van der Waals surface area contributed by atoms with Gasteiger partial charge in [0.15, 0.2) is 6.61 Å². The van der Waals surface area contributed by atoms with Crippen LogP contribution in [0.25, 0.3) is 0 Å². The number of methoxy groups -OCH3 is 1. The van der Waals surface area contributed by atoms with E-state index >= 15 is 0 Å². The van der Waals surface area contributed by atoms with Gasteiger partial charge in [0, 0.05) is 11.4 Å². The number of benzene rings is 1. The van der Waals surface area contributed by atoms with Crippen LogP contribution in [0.15, 0.2) is 23.1 Å². The average Bonchev–Trinajstić information content (AvgIpc) is 2.63. The third kappa shape index (κ3) is 6.66. The zero-order valence-corrected chi connectivity index (χ0v) is 15.7. The van der Waals surface area contributed by atoms with Crippen molar-refractivity contribution >= 4 is 29.5 Å². The fraction of sp³-hybridized carbons (Fsp3) is 0.471. The predicted molar refractivity (Wildman–Crippen MR) is 96.0 cm³/mol. The highest BCUT2D eigenvalue weighted by atomic mass is 32.2. The number of ether oxygens (including phenoxy) is 2. The normalized spacial score (nSPS) is 11.4. The van der Waals surface area contributed by atoms with E-state index in [2.05, 4.69) is 10.6 Å². The van der Waals surface area contributed by atoms with Crippen molar-refractivity contribution in [3.63, 3.8) is 0 Å². The minimum absolute atomic E-state index is 0.238. The van der Waals surface area contributed by atoms with Crippen molar-refractivity contribution < 1.29 is 23.9 Å². The zero-order chi connectivity index (χ0) is 18.8. The van der Waals surface area contributed by atoms with E-state index < -0.39 is 24.5 Å². The molecule has 0 bridgehead atoms. The Morgan fingerprint density at radius 3 is 2.60 bits per heavy atom. The standard InChI is InChI=1S/C17H24N2O5S/c1-5-8-18-16(21)11(2)19-15(20)10-24-17(22)13-7-6-12(25-4)9-14(13)23-3/h6-7,9,11H,5,8,10H2,1-4H3,(H,18,21)(H,19,20)/t11-/m0/s1. The Labute approximate surface area is 151 Å². The van der Waals surface area contributed by atoms with Crippen molar-refractivity contribution in [1.82, 2.24) is 10.6 Å². The molecule has 0 aliphatic heterocycles. The SMILES string of the molecule is CCCNC(=O)[C@H](C)NC(=O)COC(=O)c1ccc(SC)cc1OC. The second-order valence-corrected chi connectivity index (χ2v) is 6.10. The van der Waals surface area contributed by atoms with Crippen molar-refractivity contribution in [2.75, 3.05) is 26.5 Å². The molecule has 0 aliphatic carbocycles. The van der Waals surface area contributed by atoms with Gasteiger partial charge in [-0.25, -0.2) is 4.79 Å². The third-order valence-corrected chi connectivity index (χ3v) is 4.01. The van der Waals surface area contributed by atoms with E-state index in [9.17, 15) is 14.4 Å². The Bertz CT molecular complexity index is 621. The lowest BCUT2D eigenvalue weighted by atomic mass is 10.2. The number of carbonyl (C=O) groups is 3. The summed E-state index contributed by atoms with van der Waals surface area (Å²) in [4.78, 5) is 36.6. The van der Waals surface area contributed by atoms with Gasteiger partial charge in [0.25, 0.3) is 5.91 Å². The molecule has 1 aromatic carbocycles. The molecule has 0 aromatic heterocycles. The first kappa shape index (κ1) is 20.8. The number of thioether (sulfide) groups is 1. The molecule has 0 fully saturated rings. The molecule has 0 saturated carbocycles. The van der Waals surface area contributed by atoms with E-state index in [0.29, 0.717) is 12.3 Å². The van der Waals surface area contributed by atoms with E-state index in [1.54, 1.807) is 25.1 Å². The summed E-state index contributed by atoms with van der Waals surface area (Å²) in [6.07, 6.45) is 2.72. The molecule has 1 atom stereocenters. The van der Waals surface area contributed by atoms with Gasteiger partial charge in [-0.3, -0.25) is 9.59 Å². The molecule has 0 aliphatic rings. The van der Waals surface area contributed by atoms with Crippen molar-refractivity contribution in [2.45, 2.75) is 31.2 Å². The maximum Gasteiger partial charge on any atom is 0.342 e. The Kier molecular flexibility index (Phi) is 8.83. The fourth-order valence-corrected chi connectivity index (χ4v) is 2.35. The van der Waals surface area contributed by atoms with Crippen LogP contribution in [0.3, 0.4) is 0 Å². The first-order valence-electron chi connectivity index (χ1n) is 7.89. The molecule has 8 heteroatoms. The Balaban J connectivity index is 2.56. The van der Waals surface area contributed by atoms with Crippen LogP contribution < -0.4 is 15.4 Å². The van der Waals surface area contributed by atoms with E-state index in [4.69, 9.17) is 9.47 Å². The summed E-state index contributed by atoms with van der Waals surface area (Å²) in [6, 6.07) is 4.38. The van der Waals surface area contributed by atoms with Crippen molar-refractivity contribution in [2.24, 2.45) is 0 Å². The molecule has 0 heterocycles. The first-order valence-corrected chi connectivity index (χ1v) is 9.11. The summed E-state index contributed by atoms with van der Waals surface area (Å²) < 4.78 is 10.2. The summed E-state index contributed by atoms with van der Waals surface area (Å²) in [6.45, 7) is 3.56. The smallest absolute Gasteiger partial charge is 0.342 e. The number of amides is 2.